The first-order valence-electron chi connectivity index (χ1n) is 4.59. The van der Waals surface area contributed by atoms with Crippen molar-refractivity contribution in [3.05, 3.63) is 26.6 Å². The predicted molar refractivity (Wildman–Crippen MR) is 66.9 cm³/mol. The van der Waals surface area contributed by atoms with Crippen LogP contribution >= 0.6 is 31.9 Å². The molecule has 2 nitrogen and oxygen atoms in total. The number of hydrogen-bond donors (Lipinski definition) is 2. The van der Waals surface area contributed by atoms with Crippen molar-refractivity contribution in [2.45, 2.75) is 13.0 Å². The highest BCUT2D eigenvalue weighted by Gasteiger charge is 2.18. The normalized spacial score (nSPS) is 16.5. The maximum absolute atomic E-state index is 3.57. The summed E-state index contributed by atoms with van der Waals surface area (Å²) in [5.74, 6) is 0. The van der Waals surface area contributed by atoms with E-state index in [4.69, 9.17) is 0 Å². The second-order valence-electron chi connectivity index (χ2n) is 3.60. The van der Waals surface area contributed by atoms with Gasteiger partial charge < -0.3 is 10.6 Å². The third kappa shape index (κ3) is 2.12. The highest BCUT2D eigenvalue weighted by molar-refractivity contribution is 9.11. The molecule has 1 fully saturated rings. The van der Waals surface area contributed by atoms with Crippen LogP contribution in [0.25, 0.3) is 0 Å². The van der Waals surface area contributed by atoms with Gasteiger partial charge in [-0.05, 0) is 56.5 Å². The molecular formula is C10H12Br2N2. The quantitative estimate of drug-likeness (QED) is 0.876. The highest BCUT2D eigenvalue weighted by Crippen LogP contribution is 2.32. The number of benzene rings is 1. The summed E-state index contributed by atoms with van der Waals surface area (Å²) in [5.41, 5.74) is 2.41. The van der Waals surface area contributed by atoms with Crippen LogP contribution < -0.4 is 10.6 Å². The maximum atomic E-state index is 3.57. The van der Waals surface area contributed by atoms with Crippen molar-refractivity contribution in [1.29, 1.82) is 0 Å². The van der Waals surface area contributed by atoms with Gasteiger partial charge in [-0.15, -0.1) is 0 Å². The smallest absolute Gasteiger partial charge is 0.0632 e. The average Bonchev–Trinajstić information content (AvgIpc) is 1.98. The zero-order valence-corrected chi connectivity index (χ0v) is 11.1. The fourth-order valence-corrected chi connectivity index (χ4v) is 3.08. The van der Waals surface area contributed by atoms with Crippen LogP contribution in [0, 0.1) is 6.92 Å². The molecule has 0 saturated carbocycles. The summed E-state index contributed by atoms with van der Waals surface area (Å²) in [7, 11) is 0. The molecule has 0 radical (unpaired) electrons. The van der Waals surface area contributed by atoms with E-state index in [1.54, 1.807) is 0 Å². The SMILES string of the molecule is Cc1cc(Br)c(NC2CNC2)c(Br)c1. The van der Waals surface area contributed by atoms with Crippen LogP contribution in [0.15, 0.2) is 21.1 Å². The predicted octanol–water partition coefficient (Wildman–Crippen LogP) is 2.90. The van der Waals surface area contributed by atoms with Gasteiger partial charge in [-0.2, -0.15) is 0 Å². The van der Waals surface area contributed by atoms with Crippen molar-refractivity contribution in [2.24, 2.45) is 0 Å². The van der Waals surface area contributed by atoms with Crippen molar-refractivity contribution in [2.75, 3.05) is 18.4 Å². The summed E-state index contributed by atoms with van der Waals surface area (Å²) in [4.78, 5) is 0. The molecule has 0 unspecified atom stereocenters. The minimum atomic E-state index is 0.560. The van der Waals surface area contributed by atoms with Crippen LogP contribution in [0.4, 0.5) is 5.69 Å². The lowest BCUT2D eigenvalue weighted by Gasteiger charge is -2.30. The van der Waals surface area contributed by atoms with E-state index in [2.05, 4.69) is 61.5 Å². The molecule has 1 aliphatic rings. The fraction of sp³-hybridized carbons (Fsp3) is 0.400. The molecule has 1 heterocycles. The Hall–Kier alpha value is -0.0600. The minimum Gasteiger partial charge on any atom is -0.378 e. The summed E-state index contributed by atoms with van der Waals surface area (Å²) in [5, 5.41) is 6.72. The van der Waals surface area contributed by atoms with Crippen molar-refractivity contribution in [3.8, 4) is 0 Å². The molecular weight excluding hydrogens is 308 g/mol. The Balaban J connectivity index is 2.22. The second-order valence-corrected chi connectivity index (χ2v) is 5.31. The molecule has 1 saturated heterocycles. The zero-order chi connectivity index (χ0) is 10.1. The van der Waals surface area contributed by atoms with Crippen LogP contribution in [0.3, 0.4) is 0 Å². The van der Waals surface area contributed by atoms with Crippen LogP contribution in [-0.2, 0) is 0 Å². The molecule has 2 N–H and O–H groups in total. The van der Waals surface area contributed by atoms with E-state index < -0.39 is 0 Å². The largest absolute Gasteiger partial charge is 0.378 e. The van der Waals surface area contributed by atoms with E-state index in [-0.39, 0.29) is 0 Å². The Bertz CT molecular complexity index is 325. The molecule has 1 aliphatic heterocycles. The van der Waals surface area contributed by atoms with Gasteiger partial charge in [0.05, 0.1) is 11.7 Å². The van der Waals surface area contributed by atoms with Gasteiger partial charge in [0, 0.05) is 22.0 Å². The number of nitrogens with one attached hydrogen (secondary N) is 2. The zero-order valence-electron chi connectivity index (χ0n) is 7.90. The van der Waals surface area contributed by atoms with E-state index in [0.29, 0.717) is 6.04 Å². The van der Waals surface area contributed by atoms with Crippen molar-refractivity contribution < 1.29 is 0 Å². The highest BCUT2D eigenvalue weighted by atomic mass is 79.9. The summed E-state index contributed by atoms with van der Waals surface area (Å²) in [6.45, 7) is 4.18. The molecule has 2 rings (SSSR count). The van der Waals surface area contributed by atoms with Crippen molar-refractivity contribution in [3.63, 3.8) is 0 Å². The lowest BCUT2D eigenvalue weighted by atomic mass is 10.1. The molecule has 0 amide bonds. The van der Waals surface area contributed by atoms with Crippen molar-refractivity contribution in [1.82, 2.24) is 5.32 Å². The first-order chi connectivity index (χ1) is 6.66. The van der Waals surface area contributed by atoms with E-state index in [1.165, 1.54) is 5.56 Å². The molecule has 14 heavy (non-hydrogen) atoms. The lowest BCUT2D eigenvalue weighted by molar-refractivity contribution is 0.472. The third-order valence-electron chi connectivity index (χ3n) is 2.32. The number of anilines is 1. The van der Waals surface area contributed by atoms with E-state index >= 15 is 0 Å². The van der Waals surface area contributed by atoms with Crippen molar-refractivity contribution >= 4 is 37.5 Å². The number of aryl methyl sites for hydroxylation is 1. The molecule has 4 heteroatoms. The molecule has 0 spiro atoms. The summed E-state index contributed by atoms with van der Waals surface area (Å²) in [6, 6.07) is 4.81. The third-order valence-corrected chi connectivity index (χ3v) is 3.57. The molecule has 1 aromatic carbocycles. The van der Waals surface area contributed by atoms with Gasteiger partial charge in [0.1, 0.15) is 0 Å². The van der Waals surface area contributed by atoms with E-state index in [0.717, 1.165) is 27.7 Å². The molecule has 76 valence electrons. The Kier molecular flexibility index (Phi) is 3.14. The van der Waals surface area contributed by atoms with Gasteiger partial charge in [0.15, 0.2) is 0 Å². The minimum absolute atomic E-state index is 0.560. The Morgan fingerprint density at radius 1 is 1.29 bits per heavy atom. The van der Waals surface area contributed by atoms with Gasteiger partial charge in [0.2, 0.25) is 0 Å². The van der Waals surface area contributed by atoms with E-state index in [9.17, 15) is 0 Å². The number of halogens is 2. The van der Waals surface area contributed by atoms with Crippen LogP contribution in [0.2, 0.25) is 0 Å². The topological polar surface area (TPSA) is 24.1 Å². The molecule has 0 bridgehead atoms. The average molecular weight is 320 g/mol. The van der Waals surface area contributed by atoms with Gasteiger partial charge in [-0.1, -0.05) is 0 Å². The monoisotopic (exact) mass is 318 g/mol. The van der Waals surface area contributed by atoms with Gasteiger partial charge in [-0.25, -0.2) is 0 Å². The maximum Gasteiger partial charge on any atom is 0.0632 e. The molecule has 0 atom stereocenters. The first kappa shape index (κ1) is 10.5. The van der Waals surface area contributed by atoms with Crippen LogP contribution in [0.1, 0.15) is 5.56 Å². The first-order valence-corrected chi connectivity index (χ1v) is 6.18. The summed E-state index contributed by atoms with van der Waals surface area (Å²) < 4.78 is 2.24. The standard InChI is InChI=1S/C10H12Br2N2/c1-6-2-8(11)10(9(12)3-6)14-7-4-13-5-7/h2-3,7,13-14H,4-5H2,1H3. The second kappa shape index (κ2) is 4.21. The number of rotatable bonds is 2. The van der Waals surface area contributed by atoms with Crippen LogP contribution in [-0.4, -0.2) is 19.1 Å². The Labute approximate surface area is 101 Å². The lowest BCUT2D eigenvalue weighted by Crippen LogP contribution is -2.51. The fourth-order valence-electron chi connectivity index (χ4n) is 1.43. The Morgan fingerprint density at radius 3 is 2.29 bits per heavy atom. The van der Waals surface area contributed by atoms with Gasteiger partial charge in [0.25, 0.3) is 0 Å². The van der Waals surface area contributed by atoms with E-state index in [1.807, 2.05) is 0 Å². The van der Waals surface area contributed by atoms with Crippen LogP contribution in [0.5, 0.6) is 0 Å². The summed E-state index contributed by atoms with van der Waals surface area (Å²) >= 11 is 7.13. The summed E-state index contributed by atoms with van der Waals surface area (Å²) in [6.07, 6.45) is 0. The molecule has 1 aromatic rings. The Morgan fingerprint density at radius 2 is 1.86 bits per heavy atom. The van der Waals surface area contributed by atoms with Gasteiger partial charge >= 0.3 is 0 Å². The van der Waals surface area contributed by atoms with Gasteiger partial charge in [-0.3, -0.25) is 0 Å². The molecule has 0 aromatic heterocycles. The number of hydrogen-bond acceptors (Lipinski definition) is 2. The molecule has 0 aliphatic carbocycles.